The van der Waals surface area contributed by atoms with Crippen molar-refractivity contribution in [3.63, 3.8) is 0 Å². The molecular formula is C11H12BrN3O2. The normalized spacial score (nSPS) is 10.5. The van der Waals surface area contributed by atoms with Gasteiger partial charge in [-0.05, 0) is 40.0 Å². The van der Waals surface area contributed by atoms with E-state index in [9.17, 15) is 4.79 Å². The highest BCUT2D eigenvalue weighted by Gasteiger charge is 2.09. The van der Waals surface area contributed by atoms with Crippen molar-refractivity contribution in [2.75, 3.05) is 6.54 Å². The van der Waals surface area contributed by atoms with Crippen LogP contribution >= 0.6 is 15.9 Å². The van der Waals surface area contributed by atoms with Crippen molar-refractivity contribution in [1.82, 2.24) is 15.1 Å². The highest BCUT2D eigenvalue weighted by molar-refractivity contribution is 9.10. The maximum absolute atomic E-state index is 11.6. The van der Waals surface area contributed by atoms with E-state index in [1.807, 2.05) is 13.2 Å². The van der Waals surface area contributed by atoms with Gasteiger partial charge in [0.25, 0.3) is 5.91 Å². The third kappa shape index (κ3) is 3.20. The SMILES string of the molecule is Cn1cc(CCNC(=O)c2ccc(Br)o2)cn1. The maximum Gasteiger partial charge on any atom is 0.287 e. The Balaban J connectivity index is 1.81. The molecule has 0 spiro atoms. The quantitative estimate of drug-likeness (QED) is 0.935. The van der Waals surface area contributed by atoms with Crippen LogP contribution in [0.15, 0.2) is 33.6 Å². The predicted molar refractivity (Wildman–Crippen MR) is 65.7 cm³/mol. The van der Waals surface area contributed by atoms with Gasteiger partial charge in [0.1, 0.15) is 0 Å². The van der Waals surface area contributed by atoms with Gasteiger partial charge in [-0.2, -0.15) is 5.10 Å². The molecule has 90 valence electrons. The standard InChI is InChI=1S/C11H12BrN3O2/c1-15-7-8(6-14-15)4-5-13-11(16)9-2-3-10(12)17-9/h2-3,6-7H,4-5H2,1H3,(H,13,16). The smallest absolute Gasteiger partial charge is 0.287 e. The van der Waals surface area contributed by atoms with Crippen LogP contribution in [0, 0.1) is 0 Å². The summed E-state index contributed by atoms with van der Waals surface area (Å²) in [5.41, 5.74) is 1.09. The van der Waals surface area contributed by atoms with E-state index in [4.69, 9.17) is 4.42 Å². The fourth-order valence-electron chi connectivity index (χ4n) is 1.44. The Bertz CT molecular complexity index is 518. The molecule has 0 radical (unpaired) electrons. The first-order valence-corrected chi connectivity index (χ1v) is 5.95. The first-order chi connectivity index (χ1) is 8.15. The number of hydrogen-bond donors (Lipinski definition) is 1. The number of hydrogen-bond acceptors (Lipinski definition) is 3. The summed E-state index contributed by atoms with van der Waals surface area (Å²) in [5.74, 6) is 0.0997. The third-order valence-electron chi connectivity index (χ3n) is 2.25. The van der Waals surface area contributed by atoms with Gasteiger partial charge in [0.15, 0.2) is 10.4 Å². The number of carbonyl (C=O) groups excluding carboxylic acids is 1. The second-order valence-corrected chi connectivity index (χ2v) is 4.41. The average Bonchev–Trinajstić information content (AvgIpc) is 2.88. The molecular weight excluding hydrogens is 286 g/mol. The number of nitrogens with one attached hydrogen (secondary N) is 1. The topological polar surface area (TPSA) is 60.1 Å². The Hall–Kier alpha value is -1.56. The van der Waals surface area contributed by atoms with Crippen LogP contribution < -0.4 is 5.32 Å². The summed E-state index contributed by atoms with van der Waals surface area (Å²) in [6.45, 7) is 0.558. The van der Waals surface area contributed by atoms with E-state index in [1.54, 1.807) is 23.0 Å². The number of rotatable bonds is 4. The van der Waals surface area contributed by atoms with E-state index < -0.39 is 0 Å². The summed E-state index contributed by atoms with van der Waals surface area (Å²) >= 11 is 3.15. The van der Waals surface area contributed by atoms with Crippen LogP contribution in [-0.4, -0.2) is 22.2 Å². The van der Waals surface area contributed by atoms with Crippen molar-refractivity contribution in [3.05, 3.63) is 40.5 Å². The van der Waals surface area contributed by atoms with Crippen molar-refractivity contribution in [2.24, 2.45) is 7.05 Å². The van der Waals surface area contributed by atoms with Crippen LogP contribution in [-0.2, 0) is 13.5 Å². The molecule has 2 heterocycles. The molecule has 0 unspecified atom stereocenters. The predicted octanol–water partition coefficient (Wildman–Crippen LogP) is 1.75. The number of halogens is 1. The zero-order chi connectivity index (χ0) is 12.3. The minimum Gasteiger partial charge on any atom is -0.444 e. The van der Waals surface area contributed by atoms with Gasteiger partial charge in [-0.1, -0.05) is 0 Å². The molecule has 5 nitrogen and oxygen atoms in total. The van der Waals surface area contributed by atoms with E-state index in [1.165, 1.54) is 0 Å². The molecule has 1 amide bonds. The molecule has 0 saturated carbocycles. The lowest BCUT2D eigenvalue weighted by Crippen LogP contribution is -2.25. The lowest BCUT2D eigenvalue weighted by Gasteiger charge is -2.01. The average molecular weight is 298 g/mol. The Labute approximate surface area is 107 Å². The molecule has 2 aromatic rings. The molecule has 6 heteroatoms. The van der Waals surface area contributed by atoms with Crippen molar-refractivity contribution in [1.29, 1.82) is 0 Å². The van der Waals surface area contributed by atoms with Gasteiger partial charge in [0, 0.05) is 19.8 Å². The maximum atomic E-state index is 11.6. The zero-order valence-electron chi connectivity index (χ0n) is 9.31. The largest absolute Gasteiger partial charge is 0.444 e. The molecule has 0 fully saturated rings. The van der Waals surface area contributed by atoms with Crippen molar-refractivity contribution in [3.8, 4) is 0 Å². The zero-order valence-corrected chi connectivity index (χ0v) is 10.9. The van der Waals surface area contributed by atoms with Gasteiger partial charge >= 0.3 is 0 Å². The summed E-state index contributed by atoms with van der Waals surface area (Å²) in [7, 11) is 1.86. The van der Waals surface area contributed by atoms with Crippen LogP contribution in [0.5, 0.6) is 0 Å². The molecule has 17 heavy (non-hydrogen) atoms. The Morgan fingerprint density at radius 3 is 3.00 bits per heavy atom. The molecule has 2 rings (SSSR count). The van der Waals surface area contributed by atoms with Crippen molar-refractivity contribution < 1.29 is 9.21 Å². The number of aromatic nitrogens is 2. The van der Waals surface area contributed by atoms with E-state index in [0.717, 1.165) is 12.0 Å². The van der Waals surface area contributed by atoms with Crippen molar-refractivity contribution >= 4 is 21.8 Å². The molecule has 0 bridgehead atoms. The Morgan fingerprint density at radius 1 is 1.59 bits per heavy atom. The lowest BCUT2D eigenvalue weighted by molar-refractivity contribution is 0.0925. The second kappa shape index (κ2) is 5.18. The molecule has 0 aliphatic heterocycles. The van der Waals surface area contributed by atoms with Gasteiger partial charge in [-0.3, -0.25) is 9.48 Å². The number of nitrogens with zero attached hydrogens (tertiary/aromatic N) is 2. The highest BCUT2D eigenvalue weighted by Crippen LogP contribution is 2.13. The van der Waals surface area contributed by atoms with Crippen LogP contribution in [0.1, 0.15) is 16.1 Å². The summed E-state index contributed by atoms with van der Waals surface area (Å²) < 4.78 is 7.43. The molecule has 0 aliphatic carbocycles. The number of aryl methyl sites for hydroxylation is 1. The van der Waals surface area contributed by atoms with E-state index >= 15 is 0 Å². The minimum atomic E-state index is -0.209. The molecule has 1 N–H and O–H groups in total. The molecule has 0 aromatic carbocycles. The lowest BCUT2D eigenvalue weighted by atomic mass is 10.2. The van der Waals surface area contributed by atoms with Gasteiger partial charge in [0.2, 0.25) is 0 Å². The molecule has 0 saturated heterocycles. The van der Waals surface area contributed by atoms with Gasteiger partial charge in [-0.25, -0.2) is 0 Å². The summed E-state index contributed by atoms with van der Waals surface area (Å²) in [6.07, 6.45) is 4.47. The van der Waals surface area contributed by atoms with E-state index in [2.05, 4.69) is 26.3 Å². The fraction of sp³-hybridized carbons (Fsp3) is 0.273. The van der Waals surface area contributed by atoms with E-state index in [-0.39, 0.29) is 5.91 Å². The van der Waals surface area contributed by atoms with Gasteiger partial charge < -0.3 is 9.73 Å². The van der Waals surface area contributed by atoms with Crippen LogP contribution in [0.4, 0.5) is 0 Å². The fourth-order valence-corrected chi connectivity index (χ4v) is 1.75. The Morgan fingerprint density at radius 2 is 2.41 bits per heavy atom. The van der Waals surface area contributed by atoms with Crippen LogP contribution in [0.25, 0.3) is 0 Å². The van der Waals surface area contributed by atoms with E-state index in [0.29, 0.717) is 17.0 Å². The minimum absolute atomic E-state index is 0.209. The van der Waals surface area contributed by atoms with Crippen LogP contribution in [0.2, 0.25) is 0 Å². The Kier molecular flexibility index (Phi) is 3.63. The van der Waals surface area contributed by atoms with Gasteiger partial charge in [-0.15, -0.1) is 0 Å². The monoisotopic (exact) mass is 297 g/mol. The number of carbonyl (C=O) groups is 1. The third-order valence-corrected chi connectivity index (χ3v) is 2.68. The number of furan rings is 1. The molecule has 0 aliphatic rings. The first-order valence-electron chi connectivity index (χ1n) is 5.16. The van der Waals surface area contributed by atoms with Gasteiger partial charge in [0.05, 0.1) is 6.20 Å². The van der Waals surface area contributed by atoms with Crippen molar-refractivity contribution in [2.45, 2.75) is 6.42 Å². The highest BCUT2D eigenvalue weighted by atomic mass is 79.9. The summed E-state index contributed by atoms with van der Waals surface area (Å²) in [5, 5.41) is 6.83. The number of amides is 1. The first kappa shape index (κ1) is 11.9. The summed E-state index contributed by atoms with van der Waals surface area (Å²) in [6, 6.07) is 3.32. The molecule has 0 atom stereocenters. The summed E-state index contributed by atoms with van der Waals surface area (Å²) in [4.78, 5) is 11.6. The molecule has 2 aromatic heterocycles. The second-order valence-electron chi connectivity index (χ2n) is 3.63. The van der Waals surface area contributed by atoms with Crippen LogP contribution in [0.3, 0.4) is 0 Å².